The minimum absolute atomic E-state index is 0.314. The summed E-state index contributed by atoms with van der Waals surface area (Å²) >= 11 is 0. The third kappa shape index (κ3) is 3.96. The molecule has 0 bridgehead atoms. The van der Waals surface area contributed by atoms with E-state index in [9.17, 15) is 14.7 Å². The van der Waals surface area contributed by atoms with Crippen molar-refractivity contribution in [2.75, 3.05) is 5.32 Å². The number of hydrogen-bond acceptors (Lipinski definition) is 3. The Morgan fingerprint density at radius 1 is 1.43 bits per heavy atom. The lowest BCUT2D eigenvalue weighted by Crippen LogP contribution is -2.53. The van der Waals surface area contributed by atoms with Crippen molar-refractivity contribution in [1.29, 1.82) is 5.26 Å². The van der Waals surface area contributed by atoms with Gasteiger partial charge in [0, 0.05) is 0 Å². The van der Waals surface area contributed by atoms with E-state index in [1.807, 2.05) is 13.0 Å². The van der Waals surface area contributed by atoms with Gasteiger partial charge in [-0.25, -0.2) is 9.59 Å². The summed E-state index contributed by atoms with van der Waals surface area (Å²) in [5.41, 5.74) is 0.124. The van der Waals surface area contributed by atoms with Gasteiger partial charge in [0.15, 0.2) is 0 Å². The summed E-state index contributed by atoms with van der Waals surface area (Å²) < 4.78 is 0. The van der Waals surface area contributed by atoms with Gasteiger partial charge in [-0.2, -0.15) is 5.26 Å². The molecule has 1 unspecified atom stereocenters. The monoisotopic (exact) mass is 289 g/mol. The molecule has 1 aromatic carbocycles. The predicted octanol–water partition coefficient (Wildman–Crippen LogP) is 2.63. The molecule has 0 radical (unpaired) electrons. The second-order valence-electron chi connectivity index (χ2n) is 5.08. The predicted molar refractivity (Wildman–Crippen MR) is 79.0 cm³/mol. The number of aliphatic carboxylic acids is 1. The number of benzene rings is 1. The Balaban J connectivity index is 2.90. The number of carbonyl (C=O) groups excluding carboxylic acids is 1. The van der Waals surface area contributed by atoms with Crippen molar-refractivity contribution in [3.05, 3.63) is 29.3 Å². The zero-order valence-corrected chi connectivity index (χ0v) is 12.4. The third-order valence-corrected chi connectivity index (χ3v) is 3.24. The molecular weight excluding hydrogens is 270 g/mol. The molecule has 2 amide bonds. The highest BCUT2D eigenvalue weighted by atomic mass is 16.4. The van der Waals surface area contributed by atoms with Crippen LogP contribution >= 0.6 is 0 Å². The second-order valence-corrected chi connectivity index (χ2v) is 5.08. The topological polar surface area (TPSA) is 102 Å². The minimum Gasteiger partial charge on any atom is -0.480 e. The number of carboxylic acid groups (broad SMARTS) is 1. The highest BCUT2D eigenvalue weighted by Crippen LogP contribution is 2.19. The summed E-state index contributed by atoms with van der Waals surface area (Å²) in [6.07, 6.45) is 0.936. The molecule has 0 saturated heterocycles. The SMILES string of the molecule is CCCC(C)(NC(=O)Nc1cccc(C)c1C#N)C(=O)O. The Morgan fingerprint density at radius 2 is 2.10 bits per heavy atom. The van der Waals surface area contributed by atoms with Gasteiger partial charge in [0.2, 0.25) is 0 Å². The van der Waals surface area contributed by atoms with Crippen molar-refractivity contribution >= 4 is 17.7 Å². The van der Waals surface area contributed by atoms with E-state index < -0.39 is 17.5 Å². The van der Waals surface area contributed by atoms with E-state index in [0.29, 0.717) is 24.1 Å². The number of urea groups is 1. The molecule has 0 aliphatic carbocycles. The molecule has 0 heterocycles. The van der Waals surface area contributed by atoms with E-state index >= 15 is 0 Å². The fourth-order valence-electron chi connectivity index (χ4n) is 2.05. The minimum atomic E-state index is -1.34. The van der Waals surface area contributed by atoms with Crippen LogP contribution in [0.3, 0.4) is 0 Å². The van der Waals surface area contributed by atoms with Gasteiger partial charge in [-0.05, 0) is 31.9 Å². The van der Waals surface area contributed by atoms with Crippen LogP contribution in [0.4, 0.5) is 10.5 Å². The molecule has 1 atom stereocenters. The van der Waals surface area contributed by atoms with Crippen molar-refractivity contribution in [3.63, 3.8) is 0 Å². The number of hydrogen-bond donors (Lipinski definition) is 3. The molecule has 0 aliphatic rings. The first kappa shape index (κ1) is 16.5. The van der Waals surface area contributed by atoms with E-state index in [1.54, 1.807) is 25.1 Å². The number of rotatable bonds is 5. The molecular formula is C15H19N3O3. The van der Waals surface area contributed by atoms with E-state index in [4.69, 9.17) is 5.26 Å². The fraction of sp³-hybridized carbons (Fsp3) is 0.400. The average molecular weight is 289 g/mol. The molecule has 0 aromatic heterocycles. The van der Waals surface area contributed by atoms with E-state index in [0.717, 1.165) is 5.56 Å². The number of carbonyl (C=O) groups is 2. The largest absolute Gasteiger partial charge is 0.480 e. The van der Waals surface area contributed by atoms with Crippen molar-refractivity contribution in [2.24, 2.45) is 0 Å². The smallest absolute Gasteiger partial charge is 0.329 e. The number of nitriles is 1. The van der Waals surface area contributed by atoms with Crippen molar-refractivity contribution < 1.29 is 14.7 Å². The van der Waals surface area contributed by atoms with Gasteiger partial charge >= 0.3 is 12.0 Å². The summed E-state index contributed by atoms with van der Waals surface area (Å²) in [7, 11) is 0. The summed E-state index contributed by atoms with van der Waals surface area (Å²) in [5.74, 6) is -1.09. The standard InChI is InChI=1S/C15H19N3O3/c1-4-8-15(3,13(19)20)18-14(21)17-12-7-5-6-10(2)11(12)9-16/h5-7H,4,8H2,1-3H3,(H,19,20)(H2,17,18,21). The average Bonchev–Trinajstić information content (AvgIpc) is 2.38. The Morgan fingerprint density at radius 3 is 2.62 bits per heavy atom. The van der Waals surface area contributed by atoms with Crippen LogP contribution in [0.5, 0.6) is 0 Å². The van der Waals surface area contributed by atoms with Gasteiger partial charge in [-0.3, -0.25) is 0 Å². The van der Waals surface area contributed by atoms with Gasteiger partial charge in [0.05, 0.1) is 11.3 Å². The summed E-state index contributed by atoms with van der Waals surface area (Å²) in [4.78, 5) is 23.3. The van der Waals surface area contributed by atoms with Crippen LogP contribution in [0.2, 0.25) is 0 Å². The second kappa shape index (κ2) is 6.75. The summed E-state index contributed by atoms with van der Waals surface area (Å²) in [6.45, 7) is 5.06. The molecule has 21 heavy (non-hydrogen) atoms. The zero-order valence-electron chi connectivity index (χ0n) is 12.4. The lowest BCUT2D eigenvalue weighted by Gasteiger charge is -2.26. The molecule has 3 N–H and O–H groups in total. The van der Waals surface area contributed by atoms with Gasteiger partial charge in [0.1, 0.15) is 11.6 Å². The van der Waals surface area contributed by atoms with Crippen LogP contribution in [0.15, 0.2) is 18.2 Å². The normalized spacial score (nSPS) is 12.9. The molecule has 0 saturated carbocycles. The number of aryl methyl sites for hydroxylation is 1. The maximum absolute atomic E-state index is 12.0. The Bertz CT molecular complexity index is 592. The van der Waals surface area contributed by atoms with Crippen LogP contribution in [-0.2, 0) is 4.79 Å². The van der Waals surface area contributed by atoms with Gasteiger partial charge < -0.3 is 15.7 Å². The van der Waals surface area contributed by atoms with Crippen LogP contribution in [-0.4, -0.2) is 22.6 Å². The summed E-state index contributed by atoms with van der Waals surface area (Å²) in [5, 5.41) is 23.3. The van der Waals surface area contributed by atoms with Crippen LogP contribution < -0.4 is 10.6 Å². The van der Waals surface area contributed by atoms with Crippen LogP contribution in [0.25, 0.3) is 0 Å². The summed E-state index contributed by atoms with van der Waals surface area (Å²) in [6, 6.07) is 6.46. The van der Waals surface area contributed by atoms with Crippen molar-refractivity contribution in [1.82, 2.24) is 5.32 Å². The fourth-order valence-corrected chi connectivity index (χ4v) is 2.05. The Hall–Kier alpha value is -2.55. The van der Waals surface area contributed by atoms with Crippen LogP contribution in [0.1, 0.15) is 37.8 Å². The van der Waals surface area contributed by atoms with Crippen molar-refractivity contribution in [3.8, 4) is 6.07 Å². The quantitative estimate of drug-likeness (QED) is 0.775. The first-order valence-electron chi connectivity index (χ1n) is 6.66. The molecule has 1 rings (SSSR count). The molecule has 0 fully saturated rings. The zero-order chi connectivity index (χ0) is 16.0. The Kier molecular flexibility index (Phi) is 5.30. The highest BCUT2D eigenvalue weighted by molar-refractivity contribution is 5.94. The molecule has 0 spiro atoms. The van der Waals surface area contributed by atoms with E-state index in [1.165, 1.54) is 6.92 Å². The molecule has 112 valence electrons. The van der Waals surface area contributed by atoms with Crippen molar-refractivity contribution in [2.45, 2.75) is 39.2 Å². The van der Waals surface area contributed by atoms with E-state index in [2.05, 4.69) is 10.6 Å². The lowest BCUT2D eigenvalue weighted by atomic mass is 9.96. The Labute approximate surface area is 123 Å². The maximum atomic E-state index is 12.0. The van der Waals surface area contributed by atoms with Crippen LogP contribution in [0, 0.1) is 18.3 Å². The number of carboxylic acids is 1. The number of nitrogens with one attached hydrogen (secondary N) is 2. The number of nitrogens with zero attached hydrogens (tertiary/aromatic N) is 1. The van der Waals surface area contributed by atoms with E-state index in [-0.39, 0.29) is 0 Å². The van der Waals surface area contributed by atoms with Gasteiger partial charge in [-0.15, -0.1) is 0 Å². The molecule has 6 nitrogen and oxygen atoms in total. The first-order valence-corrected chi connectivity index (χ1v) is 6.66. The molecule has 1 aromatic rings. The molecule has 6 heteroatoms. The lowest BCUT2D eigenvalue weighted by molar-refractivity contribution is -0.143. The first-order chi connectivity index (χ1) is 9.84. The highest BCUT2D eigenvalue weighted by Gasteiger charge is 2.33. The number of amides is 2. The van der Waals surface area contributed by atoms with Gasteiger partial charge in [0.25, 0.3) is 0 Å². The van der Waals surface area contributed by atoms with Gasteiger partial charge in [-0.1, -0.05) is 25.5 Å². The number of anilines is 1. The molecule has 0 aliphatic heterocycles. The maximum Gasteiger partial charge on any atom is 0.329 e. The third-order valence-electron chi connectivity index (χ3n) is 3.24.